The highest BCUT2D eigenvalue weighted by Gasteiger charge is 2.45. The second-order valence-corrected chi connectivity index (χ2v) is 6.54. The Labute approximate surface area is 151 Å². The lowest BCUT2D eigenvalue weighted by Gasteiger charge is -2.39. The first-order valence-corrected chi connectivity index (χ1v) is 8.54. The van der Waals surface area contributed by atoms with Gasteiger partial charge in [-0.3, -0.25) is 4.79 Å². The number of para-hydroxylation sites is 1. The Kier molecular flexibility index (Phi) is 4.92. The van der Waals surface area contributed by atoms with Gasteiger partial charge in [0, 0.05) is 25.9 Å². The Morgan fingerprint density at radius 3 is 2.54 bits per heavy atom. The van der Waals surface area contributed by atoms with Crippen molar-refractivity contribution in [2.75, 3.05) is 13.1 Å². The Morgan fingerprint density at radius 1 is 1.27 bits per heavy atom. The van der Waals surface area contributed by atoms with Crippen molar-refractivity contribution in [3.8, 4) is 5.75 Å². The molecule has 1 aromatic heterocycles. The zero-order valence-electron chi connectivity index (χ0n) is 14.8. The highest BCUT2D eigenvalue weighted by molar-refractivity contribution is 5.82. The molecule has 8 nitrogen and oxygen atoms in total. The largest absolute Gasteiger partial charge is 0.478 e. The molecule has 8 heteroatoms. The summed E-state index contributed by atoms with van der Waals surface area (Å²) in [6.45, 7) is 4.26. The van der Waals surface area contributed by atoms with Gasteiger partial charge in [-0.25, -0.2) is 14.5 Å². The molecule has 0 spiro atoms. The maximum atomic E-state index is 12.6. The fourth-order valence-electron chi connectivity index (χ4n) is 3.12. The SMILES string of the molecule is Cc1ccccc1OC1(C(=O)O)CCN(C(=O)[C@H](C)n2cncn2)CC1. The number of hydrogen-bond donors (Lipinski definition) is 1. The number of carbonyl (C=O) groups excluding carboxylic acids is 1. The van der Waals surface area contributed by atoms with Crippen LogP contribution in [-0.4, -0.2) is 55.3 Å². The average Bonchev–Trinajstić information content (AvgIpc) is 3.17. The number of rotatable bonds is 5. The Bertz CT molecular complexity index is 782. The first-order valence-electron chi connectivity index (χ1n) is 8.54. The molecule has 1 saturated heterocycles. The van der Waals surface area contributed by atoms with E-state index < -0.39 is 17.6 Å². The number of nitrogens with zero attached hydrogens (tertiary/aromatic N) is 4. The Balaban J connectivity index is 1.70. The molecule has 0 radical (unpaired) electrons. The van der Waals surface area contributed by atoms with Crippen molar-refractivity contribution in [1.29, 1.82) is 0 Å². The van der Waals surface area contributed by atoms with Gasteiger partial charge in [0.05, 0.1) is 0 Å². The van der Waals surface area contributed by atoms with E-state index in [0.717, 1.165) is 5.56 Å². The third kappa shape index (κ3) is 3.40. The first kappa shape index (κ1) is 17.9. The van der Waals surface area contributed by atoms with Crippen molar-refractivity contribution in [2.45, 2.75) is 38.3 Å². The van der Waals surface area contributed by atoms with Crippen LogP contribution in [0.25, 0.3) is 0 Å². The van der Waals surface area contributed by atoms with E-state index in [1.54, 1.807) is 17.9 Å². The smallest absolute Gasteiger partial charge is 0.348 e. The second kappa shape index (κ2) is 7.15. The molecule has 1 aromatic carbocycles. The molecule has 1 fully saturated rings. The summed E-state index contributed by atoms with van der Waals surface area (Å²) in [6.07, 6.45) is 3.33. The van der Waals surface area contributed by atoms with E-state index in [4.69, 9.17) is 4.74 Å². The maximum absolute atomic E-state index is 12.6. The molecule has 1 aliphatic heterocycles. The van der Waals surface area contributed by atoms with E-state index in [1.165, 1.54) is 17.3 Å². The highest BCUT2D eigenvalue weighted by atomic mass is 16.5. The number of carbonyl (C=O) groups is 2. The Morgan fingerprint density at radius 2 is 1.96 bits per heavy atom. The van der Waals surface area contributed by atoms with Crippen LogP contribution in [0, 0.1) is 6.92 Å². The quantitative estimate of drug-likeness (QED) is 0.873. The molecule has 1 atom stereocenters. The van der Waals surface area contributed by atoms with Crippen LogP contribution in [0.1, 0.15) is 31.4 Å². The number of hydrogen-bond acceptors (Lipinski definition) is 5. The predicted octanol–water partition coefficient (Wildman–Crippen LogP) is 1.67. The molecule has 3 rings (SSSR count). The number of aryl methyl sites for hydroxylation is 1. The zero-order valence-corrected chi connectivity index (χ0v) is 14.8. The molecule has 1 amide bonds. The molecule has 0 bridgehead atoms. The standard InChI is InChI=1S/C18H22N4O4/c1-13-5-3-4-6-15(13)26-18(17(24)25)7-9-21(10-8-18)16(23)14(2)22-12-19-11-20-22/h3-6,11-12,14H,7-10H2,1-2H3,(H,24,25)/t14-/m0/s1. The zero-order chi connectivity index (χ0) is 18.7. The molecule has 0 unspecified atom stereocenters. The van der Waals surface area contributed by atoms with Gasteiger partial charge in [0.1, 0.15) is 24.4 Å². The fraction of sp³-hybridized carbons (Fsp3) is 0.444. The number of ether oxygens (including phenoxy) is 1. The van der Waals surface area contributed by atoms with Crippen LogP contribution in [0.15, 0.2) is 36.9 Å². The molecule has 1 aliphatic rings. The number of aromatic nitrogens is 3. The highest BCUT2D eigenvalue weighted by Crippen LogP contribution is 2.31. The average molecular weight is 358 g/mol. The molecule has 138 valence electrons. The van der Waals surface area contributed by atoms with Crippen LogP contribution >= 0.6 is 0 Å². The van der Waals surface area contributed by atoms with Crippen molar-refractivity contribution in [2.24, 2.45) is 0 Å². The van der Waals surface area contributed by atoms with E-state index in [2.05, 4.69) is 10.1 Å². The molecule has 0 aliphatic carbocycles. The van der Waals surface area contributed by atoms with E-state index in [1.807, 2.05) is 25.1 Å². The van der Waals surface area contributed by atoms with E-state index in [0.29, 0.717) is 18.8 Å². The van der Waals surface area contributed by atoms with E-state index >= 15 is 0 Å². The normalized spacial score (nSPS) is 17.5. The number of piperidine rings is 1. The summed E-state index contributed by atoms with van der Waals surface area (Å²) in [6, 6.07) is 6.86. The predicted molar refractivity (Wildman–Crippen MR) is 92.7 cm³/mol. The summed E-state index contributed by atoms with van der Waals surface area (Å²) in [5, 5.41) is 13.8. The van der Waals surface area contributed by atoms with Crippen molar-refractivity contribution >= 4 is 11.9 Å². The monoisotopic (exact) mass is 358 g/mol. The van der Waals surface area contributed by atoms with Crippen LogP contribution in [0.2, 0.25) is 0 Å². The van der Waals surface area contributed by atoms with Gasteiger partial charge in [-0.1, -0.05) is 18.2 Å². The summed E-state index contributed by atoms with van der Waals surface area (Å²) in [5.74, 6) is -0.548. The number of benzene rings is 1. The van der Waals surface area contributed by atoms with E-state index in [-0.39, 0.29) is 18.7 Å². The van der Waals surface area contributed by atoms with Crippen LogP contribution in [-0.2, 0) is 9.59 Å². The van der Waals surface area contributed by atoms with Crippen molar-refractivity contribution in [1.82, 2.24) is 19.7 Å². The maximum Gasteiger partial charge on any atom is 0.348 e. The van der Waals surface area contributed by atoms with E-state index in [9.17, 15) is 14.7 Å². The molecule has 1 N–H and O–H groups in total. The van der Waals surface area contributed by atoms with Gasteiger partial charge in [0.2, 0.25) is 11.5 Å². The fourth-order valence-corrected chi connectivity index (χ4v) is 3.12. The van der Waals surface area contributed by atoms with Crippen molar-refractivity contribution in [3.63, 3.8) is 0 Å². The van der Waals surface area contributed by atoms with Crippen LogP contribution < -0.4 is 4.74 Å². The van der Waals surface area contributed by atoms with Crippen LogP contribution in [0.4, 0.5) is 0 Å². The van der Waals surface area contributed by atoms with Gasteiger partial charge < -0.3 is 14.7 Å². The van der Waals surface area contributed by atoms with Gasteiger partial charge in [0.15, 0.2) is 0 Å². The minimum Gasteiger partial charge on any atom is -0.478 e. The molecular weight excluding hydrogens is 336 g/mol. The lowest BCUT2D eigenvalue weighted by atomic mass is 9.90. The molecule has 0 saturated carbocycles. The molecule has 26 heavy (non-hydrogen) atoms. The van der Waals surface area contributed by atoms with Crippen LogP contribution in [0.5, 0.6) is 5.75 Å². The van der Waals surface area contributed by atoms with Crippen molar-refractivity contribution in [3.05, 3.63) is 42.5 Å². The number of likely N-dealkylation sites (tertiary alicyclic amines) is 1. The number of carboxylic acids is 1. The van der Waals surface area contributed by atoms with Gasteiger partial charge >= 0.3 is 5.97 Å². The Hall–Kier alpha value is -2.90. The number of aliphatic carboxylic acids is 1. The minimum absolute atomic E-state index is 0.106. The third-order valence-corrected chi connectivity index (χ3v) is 4.86. The number of amides is 1. The topological polar surface area (TPSA) is 97.6 Å². The second-order valence-electron chi connectivity index (χ2n) is 6.54. The van der Waals surface area contributed by atoms with Gasteiger partial charge in [-0.15, -0.1) is 0 Å². The minimum atomic E-state index is -1.32. The van der Waals surface area contributed by atoms with Gasteiger partial charge in [-0.05, 0) is 25.5 Å². The summed E-state index contributed by atoms with van der Waals surface area (Å²) in [4.78, 5) is 30.1. The number of carboxylic acid groups (broad SMARTS) is 1. The molecule has 2 aromatic rings. The van der Waals surface area contributed by atoms with Crippen LogP contribution in [0.3, 0.4) is 0 Å². The summed E-state index contributed by atoms with van der Waals surface area (Å²) >= 11 is 0. The lowest BCUT2D eigenvalue weighted by molar-refractivity contribution is -0.162. The molecular formula is C18H22N4O4. The summed E-state index contributed by atoms with van der Waals surface area (Å²) in [7, 11) is 0. The third-order valence-electron chi connectivity index (χ3n) is 4.86. The summed E-state index contributed by atoms with van der Waals surface area (Å²) in [5.41, 5.74) is -0.439. The molecule has 2 heterocycles. The first-order chi connectivity index (χ1) is 12.4. The van der Waals surface area contributed by atoms with Gasteiger partial charge in [0.25, 0.3) is 0 Å². The lowest BCUT2D eigenvalue weighted by Crippen LogP contribution is -2.55. The van der Waals surface area contributed by atoms with Gasteiger partial charge in [-0.2, -0.15) is 5.10 Å². The van der Waals surface area contributed by atoms with Crippen molar-refractivity contribution < 1.29 is 19.4 Å². The summed E-state index contributed by atoms with van der Waals surface area (Å²) < 4.78 is 7.42.